The molecule has 16 heavy (non-hydrogen) atoms. The van der Waals surface area contributed by atoms with Crippen LogP contribution in [-0.4, -0.2) is 24.7 Å². The molecular formula is C11H16N4O. The fraction of sp³-hybridized carbons (Fsp3) is 0.455. The molecule has 0 spiro atoms. The molecule has 0 amide bonds. The summed E-state index contributed by atoms with van der Waals surface area (Å²) in [4.78, 5) is 0. The molecule has 1 unspecified atom stereocenters. The summed E-state index contributed by atoms with van der Waals surface area (Å²) >= 11 is 0. The Morgan fingerprint density at radius 2 is 2.12 bits per heavy atom. The van der Waals surface area contributed by atoms with Gasteiger partial charge in [0, 0.05) is 26.7 Å². The minimum absolute atomic E-state index is 0.514. The van der Waals surface area contributed by atoms with Gasteiger partial charge in [0.15, 0.2) is 0 Å². The number of aliphatic hydroxyl groups excluding tert-OH is 1. The van der Waals surface area contributed by atoms with Crippen molar-refractivity contribution >= 4 is 0 Å². The zero-order chi connectivity index (χ0) is 11.7. The van der Waals surface area contributed by atoms with Crippen LogP contribution in [-0.2, 0) is 20.5 Å². The smallest absolute Gasteiger partial charge is 0.101 e. The molecule has 0 aliphatic rings. The van der Waals surface area contributed by atoms with Gasteiger partial charge in [0.2, 0.25) is 0 Å². The van der Waals surface area contributed by atoms with Crippen molar-refractivity contribution in [3.63, 3.8) is 0 Å². The van der Waals surface area contributed by atoms with E-state index in [0.29, 0.717) is 6.42 Å². The molecule has 86 valence electrons. The molecular weight excluding hydrogens is 204 g/mol. The topological polar surface area (TPSA) is 55.9 Å². The van der Waals surface area contributed by atoms with Gasteiger partial charge in [-0.3, -0.25) is 9.36 Å². The molecule has 0 aliphatic heterocycles. The van der Waals surface area contributed by atoms with Gasteiger partial charge < -0.3 is 5.11 Å². The number of aromatic nitrogens is 4. The summed E-state index contributed by atoms with van der Waals surface area (Å²) in [6, 6.07) is 3.81. The zero-order valence-electron chi connectivity index (χ0n) is 9.75. The van der Waals surface area contributed by atoms with Crippen LogP contribution in [0.15, 0.2) is 18.3 Å². The zero-order valence-corrected chi connectivity index (χ0v) is 9.75. The summed E-state index contributed by atoms with van der Waals surface area (Å²) in [5.74, 6) is 0. The number of nitrogens with zero attached hydrogens (tertiary/aromatic N) is 4. The number of rotatable bonds is 3. The average molecular weight is 220 g/mol. The van der Waals surface area contributed by atoms with Crippen LogP contribution < -0.4 is 0 Å². The number of hydrogen-bond acceptors (Lipinski definition) is 3. The van der Waals surface area contributed by atoms with Crippen molar-refractivity contribution in [2.45, 2.75) is 19.4 Å². The fourth-order valence-electron chi connectivity index (χ4n) is 1.82. The van der Waals surface area contributed by atoms with Crippen molar-refractivity contribution in [3.8, 4) is 0 Å². The van der Waals surface area contributed by atoms with Crippen molar-refractivity contribution in [1.82, 2.24) is 19.6 Å². The van der Waals surface area contributed by atoms with Gasteiger partial charge in [-0.25, -0.2) is 0 Å². The summed E-state index contributed by atoms with van der Waals surface area (Å²) in [6.07, 6.45) is 1.83. The second-order valence-corrected chi connectivity index (χ2v) is 4.03. The van der Waals surface area contributed by atoms with E-state index in [2.05, 4.69) is 10.2 Å². The first-order chi connectivity index (χ1) is 7.56. The van der Waals surface area contributed by atoms with E-state index < -0.39 is 6.10 Å². The summed E-state index contributed by atoms with van der Waals surface area (Å²) in [7, 11) is 3.70. The maximum atomic E-state index is 10.1. The number of aryl methyl sites for hydroxylation is 3. The van der Waals surface area contributed by atoms with Crippen LogP contribution in [0.4, 0.5) is 0 Å². The lowest BCUT2D eigenvalue weighted by molar-refractivity contribution is 0.167. The molecule has 0 bridgehead atoms. The van der Waals surface area contributed by atoms with Gasteiger partial charge in [-0.2, -0.15) is 10.2 Å². The van der Waals surface area contributed by atoms with Crippen LogP contribution >= 0.6 is 0 Å². The van der Waals surface area contributed by atoms with E-state index in [9.17, 15) is 5.11 Å². The monoisotopic (exact) mass is 220 g/mol. The van der Waals surface area contributed by atoms with E-state index in [1.54, 1.807) is 9.36 Å². The summed E-state index contributed by atoms with van der Waals surface area (Å²) in [6.45, 7) is 1.91. The first-order valence-corrected chi connectivity index (χ1v) is 5.23. The molecule has 2 rings (SSSR count). The Hall–Kier alpha value is -1.62. The molecule has 5 nitrogen and oxygen atoms in total. The van der Waals surface area contributed by atoms with Crippen LogP contribution in [0.25, 0.3) is 0 Å². The Kier molecular flexibility index (Phi) is 2.78. The summed E-state index contributed by atoms with van der Waals surface area (Å²) in [5, 5.41) is 18.5. The second kappa shape index (κ2) is 4.09. The van der Waals surface area contributed by atoms with Gasteiger partial charge in [0.05, 0.1) is 17.1 Å². The highest BCUT2D eigenvalue weighted by molar-refractivity contribution is 5.14. The maximum Gasteiger partial charge on any atom is 0.101 e. The molecule has 0 fully saturated rings. The van der Waals surface area contributed by atoms with Crippen molar-refractivity contribution in [3.05, 3.63) is 35.4 Å². The standard InChI is InChI=1S/C11H16N4O/c1-8-6-10(15(3)12-8)11(16)7-9-4-5-14(2)13-9/h4-6,11,16H,7H2,1-3H3. The third kappa shape index (κ3) is 2.14. The SMILES string of the molecule is Cc1cc(C(O)Cc2ccn(C)n2)n(C)n1. The highest BCUT2D eigenvalue weighted by atomic mass is 16.3. The third-order valence-corrected chi connectivity index (χ3v) is 2.55. The molecule has 1 N–H and O–H groups in total. The Morgan fingerprint density at radius 1 is 1.38 bits per heavy atom. The van der Waals surface area contributed by atoms with E-state index >= 15 is 0 Å². The van der Waals surface area contributed by atoms with E-state index in [0.717, 1.165) is 17.1 Å². The van der Waals surface area contributed by atoms with Crippen molar-refractivity contribution in [2.75, 3.05) is 0 Å². The Labute approximate surface area is 94.3 Å². The van der Waals surface area contributed by atoms with E-state index in [4.69, 9.17) is 0 Å². The molecule has 1 atom stereocenters. The van der Waals surface area contributed by atoms with Crippen molar-refractivity contribution in [2.24, 2.45) is 14.1 Å². The van der Waals surface area contributed by atoms with Gasteiger partial charge in [-0.1, -0.05) is 0 Å². The van der Waals surface area contributed by atoms with Crippen LogP contribution in [0.1, 0.15) is 23.2 Å². The van der Waals surface area contributed by atoms with Crippen molar-refractivity contribution in [1.29, 1.82) is 0 Å². The van der Waals surface area contributed by atoms with Gasteiger partial charge in [0.25, 0.3) is 0 Å². The van der Waals surface area contributed by atoms with Gasteiger partial charge in [-0.05, 0) is 19.1 Å². The molecule has 2 aromatic heterocycles. The van der Waals surface area contributed by atoms with Crippen LogP contribution in [0.3, 0.4) is 0 Å². The fourth-order valence-corrected chi connectivity index (χ4v) is 1.82. The summed E-state index contributed by atoms with van der Waals surface area (Å²) in [5.41, 5.74) is 2.62. The molecule has 0 saturated heterocycles. The average Bonchev–Trinajstić information content (AvgIpc) is 2.73. The summed E-state index contributed by atoms with van der Waals surface area (Å²) < 4.78 is 3.44. The first-order valence-electron chi connectivity index (χ1n) is 5.23. The molecule has 0 aliphatic carbocycles. The third-order valence-electron chi connectivity index (χ3n) is 2.55. The predicted molar refractivity (Wildman–Crippen MR) is 59.8 cm³/mol. The van der Waals surface area contributed by atoms with Gasteiger partial charge in [0.1, 0.15) is 6.10 Å². The lowest BCUT2D eigenvalue weighted by Crippen LogP contribution is -2.08. The van der Waals surface area contributed by atoms with E-state index in [-0.39, 0.29) is 0 Å². The van der Waals surface area contributed by atoms with Gasteiger partial charge >= 0.3 is 0 Å². The normalized spacial score (nSPS) is 13.0. The minimum atomic E-state index is -0.555. The molecule has 0 radical (unpaired) electrons. The highest BCUT2D eigenvalue weighted by Crippen LogP contribution is 2.17. The number of hydrogen-bond donors (Lipinski definition) is 1. The molecule has 2 heterocycles. The minimum Gasteiger partial charge on any atom is -0.386 e. The van der Waals surface area contributed by atoms with Crippen molar-refractivity contribution < 1.29 is 5.11 Å². The predicted octanol–water partition coefficient (Wildman–Crippen LogP) is 0.738. The Balaban J connectivity index is 2.14. The van der Waals surface area contributed by atoms with Gasteiger partial charge in [-0.15, -0.1) is 0 Å². The highest BCUT2D eigenvalue weighted by Gasteiger charge is 2.14. The van der Waals surface area contributed by atoms with Crippen LogP contribution in [0.5, 0.6) is 0 Å². The number of aliphatic hydroxyl groups is 1. The lowest BCUT2D eigenvalue weighted by Gasteiger charge is -2.08. The van der Waals surface area contributed by atoms with Crippen LogP contribution in [0.2, 0.25) is 0 Å². The molecule has 0 saturated carbocycles. The Morgan fingerprint density at radius 3 is 2.62 bits per heavy atom. The quantitative estimate of drug-likeness (QED) is 0.830. The lowest BCUT2D eigenvalue weighted by atomic mass is 10.1. The van der Waals surface area contributed by atoms with E-state index in [1.807, 2.05) is 39.3 Å². The first kappa shape index (κ1) is 10.9. The van der Waals surface area contributed by atoms with E-state index in [1.165, 1.54) is 0 Å². The largest absolute Gasteiger partial charge is 0.386 e. The molecule has 5 heteroatoms. The molecule has 2 aromatic rings. The van der Waals surface area contributed by atoms with Crippen LogP contribution in [0, 0.1) is 6.92 Å². The Bertz CT molecular complexity index is 486. The second-order valence-electron chi connectivity index (χ2n) is 4.03. The maximum absolute atomic E-state index is 10.1. The molecule has 0 aromatic carbocycles.